The lowest BCUT2D eigenvalue weighted by atomic mass is 9.96. The molecule has 3 fully saturated rings. The van der Waals surface area contributed by atoms with E-state index in [0.29, 0.717) is 5.91 Å². The van der Waals surface area contributed by atoms with Crippen LogP contribution in [0.15, 0.2) is 4.99 Å². The van der Waals surface area contributed by atoms with Crippen molar-refractivity contribution >= 4 is 11.9 Å². The summed E-state index contributed by atoms with van der Waals surface area (Å²) in [5.41, 5.74) is 0.258. The number of nitrogens with zero attached hydrogens (tertiary/aromatic N) is 5. The van der Waals surface area contributed by atoms with Crippen LogP contribution in [0.4, 0.5) is 0 Å². The van der Waals surface area contributed by atoms with Gasteiger partial charge in [-0.15, -0.1) is 0 Å². The third-order valence-electron chi connectivity index (χ3n) is 7.21. The molecule has 1 aliphatic carbocycles. The van der Waals surface area contributed by atoms with Crippen molar-refractivity contribution in [1.29, 1.82) is 0 Å². The van der Waals surface area contributed by atoms with Crippen LogP contribution in [0.2, 0.25) is 0 Å². The fourth-order valence-electron chi connectivity index (χ4n) is 5.07. The first kappa shape index (κ1) is 21.4. The lowest BCUT2D eigenvalue weighted by Gasteiger charge is -2.41. The Kier molecular flexibility index (Phi) is 7.20. The molecule has 0 spiro atoms. The molecule has 0 aromatic heterocycles. The molecule has 7 nitrogen and oxygen atoms in total. The highest BCUT2D eigenvalue weighted by molar-refractivity contribution is 5.82. The average molecular weight is 393 g/mol. The van der Waals surface area contributed by atoms with Gasteiger partial charge in [0.2, 0.25) is 5.91 Å². The molecule has 1 saturated carbocycles. The predicted molar refractivity (Wildman–Crippen MR) is 115 cm³/mol. The Labute approximate surface area is 171 Å². The van der Waals surface area contributed by atoms with E-state index < -0.39 is 0 Å². The van der Waals surface area contributed by atoms with Crippen LogP contribution < -0.4 is 5.32 Å². The fourth-order valence-corrected chi connectivity index (χ4v) is 5.07. The van der Waals surface area contributed by atoms with Crippen LogP contribution in [0, 0.1) is 0 Å². The molecule has 160 valence electrons. The van der Waals surface area contributed by atoms with Gasteiger partial charge in [0.1, 0.15) is 0 Å². The summed E-state index contributed by atoms with van der Waals surface area (Å²) in [5, 5.41) is 3.66. The van der Waals surface area contributed by atoms with Crippen LogP contribution >= 0.6 is 0 Å². The minimum atomic E-state index is -0.00859. The quantitative estimate of drug-likeness (QED) is 0.560. The van der Waals surface area contributed by atoms with Crippen molar-refractivity contribution in [3.05, 3.63) is 0 Å². The first-order chi connectivity index (χ1) is 13.5. The average Bonchev–Trinajstić information content (AvgIpc) is 3.40. The second kappa shape index (κ2) is 9.44. The van der Waals surface area contributed by atoms with Crippen molar-refractivity contribution in [3.63, 3.8) is 0 Å². The smallest absolute Gasteiger partial charge is 0.239 e. The molecule has 1 amide bonds. The number of carbonyl (C=O) groups excluding carboxylic acids is 1. The summed E-state index contributed by atoms with van der Waals surface area (Å²) in [6.45, 7) is 8.58. The van der Waals surface area contributed by atoms with Gasteiger partial charge in [-0.05, 0) is 46.7 Å². The van der Waals surface area contributed by atoms with Gasteiger partial charge in [-0.3, -0.25) is 14.7 Å². The minimum Gasteiger partial charge on any atom is -0.354 e. The number of amides is 1. The molecule has 1 unspecified atom stereocenters. The molecule has 2 saturated heterocycles. The summed E-state index contributed by atoms with van der Waals surface area (Å²) < 4.78 is 0. The molecule has 3 aliphatic rings. The Morgan fingerprint density at radius 3 is 2.14 bits per heavy atom. The van der Waals surface area contributed by atoms with Crippen molar-refractivity contribution in [2.45, 2.75) is 57.0 Å². The van der Waals surface area contributed by atoms with Crippen molar-refractivity contribution in [3.8, 4) is 0 Å². The number of aliphatic imine (C=N–C) groups is 1. The van der Waals surface area contributed by atoms with E-state index in [1.165, 1.54) is 25.7 Å². The summed E-state index contributed by atoms with van der Waals surface area (Å²) in [6, 6.07) is -0.00859. The third kappa shape index (κ3) is 4.62. The highest BCUT2D eigenvalue weighted by Crippen LogP contribution is 2.33. The molecule has 28 heavy (non-hydrogen) atoms. The SMILES string of the molecule is CN=C(NCC1(N(C)C)CCCC1)N1CCN(C(C)C(=O)N2CCCC2)CC1. The number of carbonyl (C=O) groups is 1. The summed E-state index contributed by atoms with van der Waals surface area (Å²) in [5.74, 6) is 1.31. The summed E-state index contributed by atoms with van der Waals surface area (Å²) in [4.78, 5) is 26.4. The van der Waals surface area contributed by atoms with Crippen LogP contribution in [-0.2, 0) is 4.79 Å². The lowest BCUT2D eigenvalue weighted by molar-refractivity contribution is -0.135. The van der Waals surface area contributed by atoms with E-state index in [1.54, 1.807) is 0 Å². The van der Waals surface area contributed by atoms with E-state index in [1.807, 2.05) is 11.9 Å². The van der Waals surface area contributed by atoms with Gasteiger partial charge in [-0.1, -0.05) is 12.8 Å². The van der Waals surface area contributed by atoms with Gasteiger partial charge in [0.25, 0.3) is 0 Å². The molecule has 2 aliphatic heterocycles. The van der Waals surface area contributed by atoms with Gasteiger partial charge < -0.3 is 20.0 Å². The van der Waals surface area contributed by atoms with Crippen molar-refractivity contribution in [2.75, 3.05) is 67.0 Å². The molecule has 1 N–H and O–H groups in total. The topological polar surface area (TPSA) is 54.4 Å². The first-order valence-corrected chi connectivity index (χ1v) is 11.1. The van der Waals surface area contributed by atoms with Crippen molar-refractivity contribution in [2.24, 2.45) is 4.99 Å². The standard InChI is InChI=1S/C21H40N6O/c1-18(19(28)26-11-7-8-12-26)25-13-15-27(16-14-25)20(22-2)23-17-21(24(3)4)9-5-6-10-21/h18H,5-17H2,1-4H3,(H,22,23). The Morgan fingerprint density at radius 1 is 1.00 bits per heavy atom. The van der Waals surface area contributed by atoms with Crippen LogP contribution in [0.25, 0.3) is 0 Å². The molecule has 3 rings (SSSR count). The molecule has 1 atom stereocenters. The van der Waals surface area contributed by atoms with E-state index >= 15 is 0 Å². The highest BCUT2D eigenvalue weighted by atomic mass is 16.2. The van der Waals surface area contributed by atoms with E-state index in [0.717, 1.165) is 64.6 Å². The number of likely N-dealkylation sites (tertiary alicyclic amines) is 1. The van der Waals surface area contributed by atoms with Gasteiger partial charge in [0.15, 0.2) is 5.96 Å². The van der Waals surface area contributed by atoms with E-state index in [4.69, 9.17) is 0 Å². The second-order valence-corrected chi connectivity index (χ2v) is 8.96. The van der Waals surface area contributed by atoms with Crippen LogP contribution in [-0.4, -0.2) is 110 Å². The lowest BCUT2D eigenvalue weighted by Crippen LogP contribution is -2.59. The Morgan fingerprint density at radius 2 is 1.61 bits per heavy atom. The number of piperazine rings is 1. The zero-order valence-corrected chi connectivity index (χ0v) is 18.4. The van der Waals surface area contributed by atoms with E-state index in [-0.39, 0.29) is 11.6 Å². The zero-order chi connectivity index (χ0) is 20.1. The van der Waals surface area contributed by atoms with Gasteiger partial charge in [0, 0.05) is 58.4 Å². The Bertz CT molecular complexity index is 543. The van der Waals surface area contributed by atoms with Crippen molar-refractivity contribution in [1.82, 2.24) is 24.9 Å². The molecule has 0 aromatic rings. The molecular formula is C21H40N6O. The number of rotatable bonds is 5. The fraction of sp³-hybridized carbons (Fsp3) is 0.905. The number of guanidine groups is 1. The van der Waals surface area contributed by atoms with E-state index in [2.05, 4.69) is 46.0 Å². The van der Waals surface area contributed by atoms with Gasteiger partial charge >= 0.3 is 0 Å². The molecule has 0 aromatic carbocycles. The van der Waals surface area contributed by atoms with Gasteiger partial charge in [-0.25, -0.2) is 0 Å². The molecule has 7 heteroatoms. The molecule has 0 radical (unpaired) electrons. The summed E-state index contributed by atoms with van der Waals surface area (Å²) >= 11 is 0. The van der Waals surface area contributed by atoms with Crippen LogP contribution in [0.5, 0.6) is 0 Å². The third-order valence-corrected chi connectivity index (χ3v) is 7.21. The minimum absolute atomic E-state index is 0.00859. The number of nitrogens with one attached hydrogen (secondary N) is 1. The zero-order valence-electron chi connectivity index (χ0n) is 18.4. The van der Waals surface area contributed by atoms with E-state index in [9.17, 15) is 4.79 Å². The highest BCUT2D eigenvalue weighted by Gasteiger charge is 2.36. The van der Waals surface area contributed by atoms with Gasteiger partial charge in [-0.2, -0.15) is 0 Å². The Balaban J connectivity index is 1.49. The predicted octanol–water partition coefficient (Wildman–Crippen LogP) is 1.06. The number of hydrogen-bond donors (Lipinski definition) is 1. The molecule has 2 heterocycles. The normalized spacial score (nSPS) is 24.8. The summed E-state index contributed by atoms with van der Waals surface area (Å²) in [7, 11) is 6.28. The molecule has 0 bridgehead atoms. The maximum Gasteiger partial charge on any atom is 0.239 e. The maximum absolute atomic E-state index is 12.7. The largest absolute Gasteiger partial charge is 0.354 e. The monoisotopic (exact) mass is 392 g/mol. The maximum atomic E-state index is 12.7. The molecular weight excluding hydrogens is 352 g/mol. The van der Waals surface area contributed by atoms with Gasteiger partial charge in [0.05, 0.1) is 6.04 Å². The number of likely N-dealkylation sites (N-methyl/N-ethyl adjacent to an activating group) is 1. The number of hydrogen-bond acceptors (Lipinski definition) is 4. The second-order valence-electron chi connectivity index (χ2n) is 8.96. The summed E-state index contributed by atoms with van der Waals surface area (Å²) in [6.07, 6.45) is 7.47. The van der Waals surface area contributed by atoms with Crippen LogP contribution in [0.3, 0.4) is 0 Å². The van der Waals surface area contributed by atoms with Crippen LogP contribution in [0.1, 0.15) is 45.4 Å². The Hall–Kier alpha value is -1.34. The first-order valence-electron chi connectivity index (χ1n) is 11.1. The van der Waals surface area contributed by atoms with Crippen molar-refractivity contribution < 1.29 is 4.79 Å².